The van der Waals surface area contributed by atoms with Crippen LogP contribution < -0.4 is 0 Å². The fourth-order valence-corrected chi connectivity index (χ4v) is 1.02. The van der Waals surface area contributed by atoms with E-state index >= 15 is 0 Å². The summed E-state index contributed by atoms with van der Waals surface area (Å²) in [5.41, 5.74) is 0. The lowest BCUT2D eigenvalue weighted by Gasteiger charge is -1.87. The lowest BCUT2D eigenvalue weighted by molar-refractivity contribution is 0.281. The van der Waals surface area contributed by atoms with Crippen LogP contribution in [0.5, 0.6) is 0 Å². The molecule has 0 rings (SSSR count). The summed E-state index contributed by atoms with van der Waals surface area (Å²) in [6, 6.07) is 0. The molecular formula is C7H9BrOP+. The van der Waals surface area contributed by atoms with Crippen molar-refractivity contribution in [1.29, 1.82) is 0 Å². The second-order valence-electron chi connectivity index (χ2n) is 1.78. The molecule has 0 fully saturated rings. The summed E-state index contributed by atoms with van der Waals surface area (Å²) in [6.45, 7) is 2.00. The Morgan fingerprint density at radius 3 is 2.80 bits per heavy atom. The second kappa shape index (κ2) is 5.68. The molecule has 0 aliphatic carbocycles. The monoisotopic (exact) mass is 219 g/mol. The van der Waals surface area contributed by atoms with Crippen molar-refractivity contribution in [2.45, 2.75) is 6.10 Å². The number of aliphatic hydroxyl groups excluding tert-OH is 1. The van der Waals surface area contributed by atoms with Crippen LogP contribution in [0.25, 0.3) is 0 Å². The molecule has 0 aromatic carbocycles. The zero-order valence-electron chi connectivity index (χ0n) is 5.71. The topological polar surface area (TPSA) is 20.2 Å². The minimum Gasteiger partial charge on any atom is -0.377 e. The lowest BCUT2D eigenvalue weighted by Crippen LogP contribution is -1.94. The molecule has 0 aromatic heterocycles. The molecule has 10 heavy (non-hydrogen) atoms. The third-order valence-corrected chi connectivity index (χ3v) is 1.64. The smallest absolute Gasteiger partial charge is 0.138 e. The first-order valence-electron chi connectivity index (χ1n) is 2.67. The van der Waals surface area contributed by atoms with E-state index in [1.54, 1.807) is 6.08 Å². The number of hydrogen-bond donors (Lipinski definition) is 1. The van der Waals surface area contributed by atoms with Gasteiger partial charge >= 0.3 is 0 Å². The molecule has 0 heterocycles. The molecule has 2 atom stereocenters. The van der Waals surface area contributed by atoms with E-state index in [1.165, 1.54) is 0 Å². The summed E-state index contributed by atoms with van der Waals surface area (Å²) in [7, 11) is -0.317. The van der Waals surface area contributed by atoms with Crippen LogP contribution in [0.15, 0.2) is 11.9 Å². The van der Waals surface area contributed by atoms with Gasteiger partial charge < -0.3 is 5.11 Å². The van der Waals surface area contributed by atoms with E-state index in [-0.39, 0.29) is 7.55 Å². The molecule has 2 unspecified atom stereocenters. The largest absolute Gasteiger partial charge is 0.377 e. The van der Waals surface area contributed by atoms with Gasteiger partial charge in [0.15, 0.2) is 0 Å². The van der Waals surface area contributed by atoms with Gasteiger partial charge in [0.2, 0.25) is 0 Å². The van der Waals surface area contributed by atoms with Crippen LogP contribution in [0.2, 0.25) is 0 Å². The lowest BCUT2D eigenvalue weighted by atomic mass is 10.4. The minimum atomic E-state index is -0.661. The van der Waals surface area contributed by atoms with Crippen molar-refractivity contribution >= 4 is 29.8 Å². The number of aliphatic hydroxyl groups is 1. The summed E-state index contributed by atoms with van der Waals surface area (Å²) in [4.78, 5) is 2.44. The van der Waals surface area contributed by atoms with Gasteiger partial charge in [-0.25, -0.2) is 0 Å². The Kier molecular flexibility index (Phi) is 5.63. The van der Waals surface area contributed by atoms with Gasteiger partial charge in [0, 0.05) is 15.9 Å². The van der Waals surface area contributed by atoms with Crippen LogP contribution in [0, 0.1) is 10.8 Å². The Morgan fingerprint density at radius 2 is 2.40 bits per heavy atom. The Morgan fingerprint density at radius 1 is 1.80 bits per heavy atom. The number of rotatable bonds is 2. The normalized spacial score (nSPS) is 14.1. The van der Waals surface area contributed by atoms with E-state index in [0.717, 1.165) is 0 Å². The fraction of sp³-hybridized carbons (Fsp3) is 0.286. The molecule has 0 amide bonds. The van der Waals surface area contributed by atoms with Gasteiger partial charge in [-0.3, -0.25) is 0 Å². The zero-order valence-corrected chi connectivity index (χ0v) is 8.19. The van der Waals surface area contributed by atoms with Crippen molar-refractivity contribution in [2.75, 3.05) is 6.66 Å². The maximum absolute atomic E-state index is 8.99. The van der Waals surface area contributed by atoms with E-state index in [2.05, 4.69) is 33.0 Å². The van der Waals surface area contributed by atoms with Gasteiger partial charge in [0.25, 0.3) is 0 Å². The maximum atomic E-state index is 8.99. The van der Waals surface area contributed by atoms with Crippen molar-refractivity contribution in [3.05, 3.63) is 11.9 Å². The highest BCUT2D eigenvalue weighted by atomic mass is 79.9. The number of halogens is 1. The molecule has 0 spiro atoms. The molecule has 3 heteroatoms. The molecule has 0 saturated carbocycles. The molecule has 0 saturated heterocycles. The molecule has 54 valence electrons. The Bertz CT molecular complexity index is 199. The maximum Gasteiger partial charge on any atom is 0.138 e. The first kappa shape index (κ1) is 9.91. The van der Waals surface area contributed by atoms with Crippen molar-refractivity contribution < 1.29 is 5.11 Å². The van der Waals surface area contributed by atoms with Crippen molar-refractivity contribution in [3.8, 4) is 10.8 Å². The van der Waals surface area contributed by atoms with Crippen LogP contribution in [0.1, 0.15) is 0 Å². The highest BCUT2D eigenvalue weighted by Gasteiger charge is 1.93. The van der Waals surface area contributed by atoms with Crippen molar-refractivity contribution in [1.82, 2.24) is 0 Å². The van der Waals surface area contributed by atoms with Crippen LogP contribution in [0.4, 0.5) is 0 Å². The SMILES string of the molecule is C=[P+](C)C=CC(O)C#CBr. The minimum absolute atomic E-state index is 0.317. The van der Waals surface area contributed by atoms with E-state index in [4.69, 9.17) is 5.11 Å². The van der Waals surface area contributed by atoms with Crippen molar-refractivity contribution in [2.24, 2.45) is 0 Å². The predicted molar refractivity (Wildman–Crippen MR) is 51.8 cm³/mol. The van der Waals surface area contributed by atoms with Gasteiger partial charge in [-0.15, -0.1) is 0 Å². The van der Waals surface area contributed by atoms with Crippen LogP contribution in [0.3, 0.4) is 0 Å². The summed E-state index contributed by atoms with van der Waals surface area (Å²) < 4.78 is 0. The fourth-order valence-electron chi connectivity index (χ4n) is 0.332. The van der Waals surface area contributed by atoms with Gasteiger partial charge in [0.05, 0.1) is 6.30 Å². The van der Waals surface area contributed by atoms with Crippen LogP contribution in [-0.4, -0.2) is 24.2 Å². The summed E-state index contributed by atoms with van der Waals surface area (Å²) in [5.74, 6) is 4.39. The molecular weight excluding hydrogens is 211 g/mol. The Hall–Kier alpha value is -0.0900. The zero-order chi connectivity index (χ0) is 7.98. The summed E-state index contributed by atoms with van der Waals surface area (Å²) in [5, 5.41) is 8.99. The van der Waals surface area contributed by atoms with E-state index < -0.39 is 6.10 Å². The van der Waals surface area contributed by atoms with Crippen LogP contribution >= 0.6 is 23.5 Å². The van der Waals surface area contributed by atoms with Crippen LogP contribution in [-0.2, 0) is 0 Å². The quantitative estimate of drug-likeness (QED) is 0.555. The van der Waals surface area contributed by atoms with Gasteiger partial charge in [0.1, 0.15) is 26.1 Å². The third-order valence-electron chi connectivity index (χ3n) is 0.725. The molecule has 1 N–H and O–H groups in total. The first-order chi connectivity index (χ1) is 4.66. The Balaban J connectivity index is 3.85. The average molecular weight is 220 g/mol. The second-order valence-corrected chi connectivity index (χ2v) is 3.99. The summed E-state index contributed by atoms with van der Waals surface area (Å²) >= 11 is 2.89. The van der Waals surface area contributed by atoms with E-state index in [0.29, 0.717) is 0 Å². The average Bonchev–Trinajstić information content (AvgIpc) is 1.85. The highest BCUT2D eigenvalue weighted by Crippen LogP contribution is 2.13. The molecule has 0 aliphatic rings. The molecule has 1 nitrogen and oxygen atoms in total. The molecule has 0 aromatic rings. The standard InChI is InChI=1S/C7H9BrOP/c1-10(2)6-4-7(9)3-5-8/h4,6-7,9H,1H2,2H3/q+1. The van der Waals surface area contributed by atoms with E-state index in [9.17, 15) is 0 Å². The summed E-state index contributed by atoms with van der Waals surface area (Å²) in [6.07, 6.45) is 4.76. The first-order valence-corrected chi connectivity index (χ1v) is 5.51. The van der Waals surface area contributed by atoms with Gasteiger partial charge in [-0.2, -0.15) is 0 Å². The van der Waals surface area contributed by atoms with Crippen molar-refractivity contribution in [3.63, 3.8) is 0 Å². The predicted octanol–water partition coefficient (Wildman–Crippen LogP) is 1.76. The van der Waals surface area contributed by atoms with E-state index in [1.807, 2.05) is 12.5 Å². The number of hydrogen-bond acceptors (Lipinski definition) is 1. The Labute approximate surface area is 70.7 Å². The van der Waals surface area contributed by atoms with Gasteiger partial charge in [-0.1, -0.05) is 5.92 Å². The molecule has 0 bridgehead atoms. The highest BCUT2D eigenvalue weighted by molar-refractivity contribution is 9.12. The van der Waals surface area contributed by atoms with Gasteiger partial charge in [-0.05, 0) is 10.9 Å². The third kappa shape index (κ3) is 6.04. The molecule has 0 aliphatic heterocycles. The molecule has 0 radical (unpaired) electrons.